The summed E-state index contributed by atoms with van der Waals surface area (Å²) in [7, 11) is 0. The zero-order valence-electron chi connectivity index (χ0n) is 9.99. The number of rotatable bonds is 5. The second-order valence-electron chi connectivity index (χ2n) is 4.39. The number of nitrogens with one attached hydrogen (secondary N) is 1. The Kier molecular flexibility index (Phi) is 4.49. The average molecular weight is 225 g/mol. The van der Waals surface area contributed by atoms with Gasteiger partial charge in [0.2, 0.25) is 5.91 Å². The van der Waals surface area contributed by atoms with E-state index in [0.717, 1.165) is 5.69 Å². The van der Waals surface area contributed by atoms with Gasteiger partial charge in [0.05, 0.1) is 18.3 Å². The molecule has 0 saturated heterocycles. The van der Waals surface area contributed by atoms with Crippen LogP contribution in [0.2, 0.25) is 0 Å². The van der Waals surface area contributed by atoms with Gasteiger partial charge < -0.3 is 15.6 Å². The molecule has 16 heavy (non-hydrogen) atoms. The fourth-order valence-electron chi connectivity index (χ4n) is 1.42. The first kappa shape index (κ1) is 12.7. The lowest BCUT2D eigenvalue weighted by atomic mass is 10.0. The summed E-state index contributed by atoms with van der Waals surface area (Å²) in [4.78, 5) is 11.6. The highest BCUT2D eigenvalue weighted by Crippen LogP contribution is 2.04. The van der Waals surface area contributed by atoms with Crippen LogP contribution in [0.4, 0.5) is 0 Å². The largest absolute Gasteiger partial charge is 0.359 e. The van der Waals surface area contributed by atoms with E-state index in [9.17, 15) is 4.79 Å². The highest BCUT2D eigenvalue weighted by atomic mass is 16.5. The maximum Gasteiger partial charge on any atom is 0.237 e. The molecule has 0 aliphatic rings. The molecule has 1 rings (SSSR count). The number of hydrogen-bond donors (Lipinski definition) is 2. The number of nitrogens with two attached hydrogens (primary N) is 1. The molecule has 1 aromatic rings. The summed E-state index contributed by atoms with van der Waals surface area (Å²) in [5, 5.41) is 6.45. The Balaban J connectivity index is 2.35. The number of aromatic nitrogens is 1. The molecule has 0 spiro atoms. The van der Waals surface area contributed by atoms with E-state index in [-0.39, 0.29) is 5.91 Å². The Morgan fingerprint density at radius 1 is 1.62 bits per heavy atom. The summed E-state index contributed by atoms with van der Waals surface area (Å²) >= 11 is 0. The molecule has 0 saturated carbocycles. The van der Waals surface area contributed by atoms with E-state index in [0.29, 0.717) is 24.6 Å². The minimum atomic E-state index is -0.455. The smallest absolute Gasteiger partial charge is 0.237 e. The van der Waals surface area contributed by atoms with Gasteiger partial charge in [0, 0.05) is 6.07 Å². The minimum absolute atomic E-state index is 0.150. The van der Waals surface area contributed by atoms with Crippen LogP contribution < -0.4 is 11.1 Å². The third kappa shape index (κ3) is 4.02. The van der Waals surface area contributed by atoms with E-state index in [1.54, 1.807) is 6.07 Å². The second kappa shape index (κ2) is 5.65. The molecule has 0 aromatic carbocycles. The molecule has 0 aliphatic carbocycles. The predicted octanol–water partition coefficient (Wildman–Crippen LogP) is 0.973. The van der Waals surface area contributed by atoms with Gasteiger partial charge in [-0.05, 0) is 19.3 Å². The van der Waals surface area contributed by atoms with Crippen molar-refractivity contribution in [2.75, 3.05) is 0 Å². The SMILES string of the molecule is Cc1cc(CNC(=O)[C@@H](N)CC(C)C)on1. The zero-order valence-corrected chi connectivity index (χ0v) is 9.99. The van der Waals surface area contributed by atoms with Crippen molar-refractivity contribution < 1.29 is 9.32 Å². The van der Waals surface area contributed by atoms with Gasteiger partial charge in [0.15, 0.2) is 5.76 Å². The lowest BCUT2D eigenvalue weighted by Gasteiger charge is -2.13. The topological polar surface area (TPSA) is 81.2 Å². The fraction of sp³-hybridized carbons (Fsp3) is 0.636. The summed E-state index contributed by atoms with van der Waals surface area (Å²) in [6.07, 6.45) is 0.682. The van der Waals surface area contributed by atoms with Gasteiger partial charge in [-0.2, -0.15) is 0 Å². The van der Waals surface area contributed by atoms with Crippen LogP contribution in [0.3, 0.4) is 0 Å². The van der Waals surface area contributed by atoms with Crippen LogP contribution in [0.25, 0.3) is 0 Å². The van der Waals surface area contributed by atoms with E-state index in [2.05, 4.69) is 10.5 Å². The molecule has 5 nitrogen and oxygen atoms in total. The van der Waals surface area contributed by atoms with Gasteiger partial charge in [-0.3, -0.25) is 4.79 Å². The summed E-state index contributed by atoms with van der Waals surface area (Å²) in [6.45, 7) is 6.24. The van der Waals surface area contributed by atoms with E-state index >= 15 is 0 Å². The van der Waals surface area contributed by atoms with E-state index in [1.165, 1.54) is 0 Å². The molecule has 0 unspecified atom stereocenters. The molecular formula is C11H19N3O2. The Bertz CT molecular complexity index is 347. The highest BCUT2D eigenvalue weighted by Gasteiger charge is 2.14. The van der Waals surface area contributed by atoms with Crippen molar-refractivity contribution in [1.82, 2.24) is 10.5 Å². The lowest BCUT2D eigenvalue weighted by molar-refractivity contribution is -0.122. The second-order valence-corrected chi connectivity index (χ2v) is 4.39. The number of hydrogen-bond acceptors (Lipinski definition) is 4. The minimum Gasteiger partial charge on any atom is -0.359 e. The Hall–Kier alpha value is -1.36. The zero-order chi connectivity index (χ0) is 12.1. The van der Waals surface area contributed by atoms with Crippen molar-refractivity contribution in [3.8, 4) is 0 Å². The first-order valence-electron chi connectivity index (χ1n) is 5.44. The lowest BCUT2D eigenvalue weighted by Crippen LogP contribution is -2.40. The van der Waals surface area contributed by atoms with Crippen LogP contribution in [-0.2, 0) is 11.3 Å². The monoisotopic (exact) mass is 225 g/mol. The molecule has 0 aliphatic heterocycles. The quantitative estimate of drug-likeness (QED) is 0.782. The van der Waals surface area contributed by atoms with Gasteiger partial charge in [0.1, 0.15) is 0 Å². The first-order valence-corrected chi connectivity index (χ1v) is 5.44. The Labute approximate surface area is 95.4 Å². The molecule has 5 heteroatoms. The maximum absolute atomic E-state index is 11.6. The van der Waals surface area contributed by atoms with Gasteiger partial charge >= 0.3 is 0 Å². The Morgan fingerprint density at radius 3 is 2.81 bits per heavy atom. The van der Waals surface area contributed by atoms with E-state index in [1.807, 2.05) is 20.8 Å². The van der Waals surface area contributed by atoms with E-state index < -0.39 is 6.04 Å². The predicted molar refractivity (Wildman–Crippen MR) is 60.5 cm³/mol. The molecule has 1 heterocycles. The normalized spacial score (nSPS) is 12.8. The first-order chi connectivity index (χ1) is 7.49. The number of aryl methyl sites for hydroxylation is 1. The fourth-order valence-corrected chi connectivity index (χ4v) is 1.42. The van der Waals surface area contributed by atoms with Gasteiger partial charge in [-0.1, -0.05) is 19.0 Å². The van der Waals surface area contributed by atoms with Crippen LogP contribution in [-0.4, -0.2) is 17.1 Å². The number of carbonyl (C=O) groups excluding carboxylic acids is 1. The number of amides is 1. The van der Waals surface area contributed by atoms with E-state index in [4.69, 9.17) is 10.3 Å². The highest BCUT2D eigenvalue weighted by molar-refractivity contribution is 5.81. The summed E-state index contributed by atoms with van der Waals surface area (Å²) in [5.41, 5.74) is 6.53. The van der Waals surface area contributed by atoms with Gasteiger partial charge in [-0.25, -0.2) is 0 Å². The molecule has 3 N–H and O–H groups in total. The number of nitrogens with zero attached hydrogens (tertiary/aromatic N) is 1. The average Bonchev–Trinajstić information content (AvgIpc) is 2.59. The third-order valence-corrected chi connectivity index (χ3v) is 2.18. The van der Waals surface area contributed by atoms with Crippen molar-refractivity contribution in [2.24, 2.45) is 11.7 Å². The molecule has 1 amide bonds. The van der Waals surface area contributed by atoms with Crippen LogP contribution in [0, 0.1) is 12.8 Å². The molecule has 0 radical (unpaired) electrons. The van der Waals surface area contributed by atoms with Gasteiger partial charge in [-0.15, -0.1) is 0 Å². The Morgan fingerprint density at radius 2 is 2.31 bits per heavy atom. The van der Waals surface area contributed by atoms with Crippen LogP contribution >= 0.6 is 0 Å². The molecule has 0 bridgehead atoms. The van der Waals surface area contributed by atoms with Crippen molar-refractivity contribution in [1.29, 1.82) is 0 Å². The molecule has 1 atom stereocenters. The van der Waals surface area contributed by atoms with Crippen molar-refractivity contribution in [3.05, 3.63) is 17.5 Å². The summed E-state index contributed by atoms with van der Waals surface area (Å²) < 4.78 is 4.97. The molecule has 90 valence electrons. The van der Waals surface area contributed by atoms with Crippen LogP contribution in [0.5, 0.6) is 0 Å². The van der Waals surface area contributed by atoms with Crippen molar-refractivity contribution in [2.45, 2.75) is 39.8 Å². The van der Waals surface area contributed by atoms with Crippen molar-refractivity contribution >= 4 is 5.91 Å². The summed E-state index contributed by atoms with van der Waals surface area (Å²) in [6, 6.07) is 1.33. The standard InChI is InChI=1S/C11H19N3O2/c1-7(2)4-10(12)11(15)13-6-9-5-8(3)14-16-9/h5,7,10H,4,6,12H2,1-3H3,(H,13,15)/t10-/m0/s1. The van der Waals surface area contributed by atoms with Crippen LogP contribution in [0.1, 0.15) is 31.7 Å². The molecule has 0 fully saturated rings. The van der Waals surface area contributed by atoms with Crippen LogP contribution in [0.15, 0.2) is 10.6 Å². The maximum atomic E-state index is 11.6. The third-order valence-electron chi connectivity index (χ3n) is 2.18. The van der Waals surface area contributed by atoms with Gasteiger partial charge in [0.25, 0.3) is 0 Å². The molecular weight excluding hydrogens is 206 g/mol. The number of carbonyl (C=O) groups is 1. The summed E-state index contributed by atoms with van der Waals surface area (Å²) in [5.74, 6) is 0.902. The molecule has 1 aromatic heterocycles. The van der Waals surface area contributed by atoms with Crippen molar-refractivity contribution in [3.63, 3.8) is 0 Å².